The molecule has 13 heavy (non-hydrogen) atoms. The summed E-state index contributed by atoms with van der Waals surface area (Å²) < 4.78 is 0.322. The molecule has 0 amide bonds. The number of rotatable bonds is 0. The molecule has 0 radical (unpaired) electrons. The van der Waals surface area contributed by atoms with Crippen molar-refractivity contribution in [3.8, 4) is 0 Å². The van der Waals surface area contributed by atoms with Gasteiger partial charge in [-0.3, -0.25) is 4.98 Å². The van der Waals surface area contributed by atoms with Gasteiger partial charge in [-0.15, -0.1) is 8.17 Å². The molecule has 0 unspecified atom stereocenters. The molecule has 0 saturated heterocycles. The van der Waals surface area contributed by atoms with Gasteiger partial charge < -0.3 is 2.85 Å². The number of nitrogens with one attached hydrogen (secondary N) is 1. The fraction of sp³-hybridized carbons (Fsp3) is 0. The van der Waals surface area contributed by atoms with Gasteiger partial charge in [0.2, 0.25) is 0 Å². The third-order valence-corrected chi connectivity index (χ3v) is 1.50. The van der Waals surface area contributed by atoms with Crippen LogP contribution in [0, 0.1) is 0 Å². The summed E-state index contributed by atoms with van der Waals surface area (Å²) in [6.07, 6.45) is 0. The molecule has 1 heterocycles. The van der Waals surface area contributed by atoms with E-state index in [0.29, 0.717) is 0 Å². The first-order valence-electron chi connectivity index (χ1n) is 2.34. The Labute approximate surface area is 149 Å². The second-order valence-electron chi connectivity index (χ2n) is 1.58. The number of aromatic nitrogens is 3. The van der Waals surface area contributed by atoms with Crippen LogP contribution in [-0.4, -0.2) is 13.2 Å². The summed E-state index contributed by atoms with van der Waals surface area (Å²) in [5, 5.41) is 0. The van der Waals surface area contributed by atoms with Crippen LogP contribution in [-0.2, 0) is 0 Å². The molecule has 1 aromatic rings. The van der Waals surface area contributed by atoms with Crippen molar-refractivity contribution in [1.82, 2.24) is 13.2 Å². The van der Waals surface area contributed by atoms with E-state index in [4.69, 9.17) is 23.6 Å². The van der Waals surface area contributed by atoms with Gasteiger partial charge in [0.05, 0.1) is 0 Å². The van der Waals surface area contributed by atoms with E-state index in [1.165, 1.54) is 0 Å². The Hall–Kier alpha value is 1.63. The predicted molar refractivity (Wildman–Crippen MR) is 40.3 cm³/mol. The van der Waals surface area contributed by atoms with Gasteiger partial charge >= 0.3 is 98.0 Å². The Bertz CT molecular complexity index is 422. The zero-order valence-corrected chi connectivity index (χ0v) is 13.5. The molecule has 0 spiro atoms. The molecule has 0 aliphatic carbocycles. The summed E-state index contributed by atoms with van der Waals surface area (Å²) in [6, 6.07) is 0. The van der Waals surface area contributed by atoms with E-state index in [1.54, 1.807) is 4.98 Å². The first-order valence-corrected chi connectivity index (χ1v) is 3.02. The summed E-state index contributed by atoms with van der Waals surface area (Å²) in [6.45, 7) is 0. The standard InChI is InChI=1S/C3HCl2N3O3.K.Na.2H/c4-7-1(9)6-2(10)8(5)3(7)11;;;;/h(H,6,9,10);;;;/q;2*+1;2*-1. The maximum Gasteiger partial charge on any atom is 1.00 e. The van der Waals surface area contributed by atoms with Gasteiger partial charge in [0.15, 0.2) is 0 Å². The Morgan fingerprint density at radius 1 is 1.08 bits per heavy atom. The van der Waals surface area contributed by atoms with Crippen molar-refractivity contribution in [3.63, 3.8) is 0 Å². The number of hydrogen-bond acceptors (Lipinski definition) is 3. The monoisotopic (exact) mass is 261 g/mol. The molecule has 1 rings (SSSR count). The van der Waals surface area contributed by atoms with Crippen LogP contribution in [0.2, 0.25) is 0 Å². The van der Waals surface area contributed by atoms with Crippen molar-refractivity contribution in [1.29, 1.82) is 0 Å². The Morgan fingerprint density at radius 2 is 1.38 bits per heavy atom. The van der Waals surface area contributed by atoms with Crippen LogP contribution >= 0.6 is 23.6 Å². The van der Waals surface area contributed by atoms with Crippen molar-refractivity contribution in [2.45, 2.75) is 0 Å². The molecule has 1 N–H and O–H groups in total. The summed E-state index contributed by atoms with van der Waals surface area (Å²) in [7, 11) is 0. The minimum atomic E-state index is -1.10. The average molecular weight is 262 g/mol. The zero-order valence-electron chi connectivity index (χ0n) is 8.88. The third-order valence-electron chi connectivity index (χ3n) is 0.906. The van der Waals surface area contributed by atoms with Crippen molar-refractivity contribution >= 4 is 23.6 Å². The number of halogens is 2. The van der Waals surface area contributed by atoms with Gasteiger partial charge in [-0.25, -0.2) is 14.4 Å². The van der Waals surface area contributed by atoms with Crippen molar-refractivity contribution in [2.24, 2.45) is 0 Å². The number of aromatic amines is 1. The molecule has 0 fully saturated rings. The van der Waals surface area contributed by atoms with Crippen LogP contribution in [0.25, 0.3) is 0 Å². The van der Waals surface area contributed by atoms with Gasteiger partial charge in [0.25, 0.3) is 0 Å². The maximum atomic E-state index is 10.7. The summed E-state index contributed by atoms with van der Waals surface area (Å²) >= 11 is 10.1. The van der Waals surface area contributed by atoms with Crippen LogP contribution in [0.1, 0.15) is 2.85 Å². The fourth-order valence-electron chi connectivity index (χ4n) is 0.440. The molecule has 0 aliphatic rings. The van der Waals surface area contributed by atoms with Gasteiger partial charge in [0.1, 0.15) is 0 Å². The molecule has 1 aromatic heterocycles. The predicted octanol–water partition coefficient (Wildman–Crippen LogP) is -7.06. The van der Waals surface area contributed by atoms with E-state index in [2.05, 4.69) is 0 Å². The Kier molecular flexibility index (Phi) is 9.16. The molecule has 0 saturated carbocycles. The third kappa shape index (κ3) is 3.94. The van der Waals surface area contributed by atoms with E-state index in [9.17, 15) is 14.4 Å². The number of H-pyrrole nitrogens is 1. The maximum absolute atomic E-state index is 10.7. The van der Waals surface area contributed by atoms with Crippen molar-refractivity contribution < 1.29 is 83.8 Å². The minimum absolute atomic E-state index is 0. The smallest absolute Gasteiger partial charge is 1.00 e. The average Bonchev–Trinajstić information content (AvgIpc) is 1.97. The Balaban J connectivity index is -0.000000151. The Morgan fingerprint density at radius 3 is 1.69 bits per heavy atom. The van der Waals surface area contributed by atoms with Gasteiger partial charge in [-0.05, 0) is 0 Å². The van der Waals surface area contributed by atoms with Crippen molar-refractivity contribution in [2.75, 3.05) is 0 Å². The van der Waals surface area contributed by atoms with E-state index in [1.807, 2.05) is 0 Å². The topological polar surface area (TPSA) is 76.9 Å². The van der Waals surface area contributed by atoms with Crippen LogP contribution in [0.4, 0.5) is 0 Å². The first-order chi connectivity index (χ1) is 5.04. The summed E-state index contributed by atoms with van der Waals surface area (Å²) in [4.78, 5) is 33.4. The molecule has 64 valence electrons. The fourth-order valence-corrected chi connectivity index (χ4v) is 0.715. The molecule has 0 atom stereocenters. The van der Waals surface area contributed by atoms with E-state index < -0.39 is 17.1 Å². The minimum Gasteiger partial charge on any atom is -1.00 e. The van der Waals surface area contributed by atoms with Gasteiger partial charge in [-0.1, -0.05) is 0 Å². The largest absolute Gasteiger partial charge is 1.00 e. The molecule has 0 aromatic carbocycles. The van der Waals surface area contributed by atoms with E-state index >= 15 is 0 Å². The van der Waals surface area contributed by atoms with Crippen LogP contribution < -0.4 is 98.0 Å². The quantitative estimate of drug-likeness (QED) is 0.472. The molecular formula is C3H3Cl2KN3NaO3. The second kappa shape index (κ2) is 6.99. The van der Waals surface area contributed by atoms with Gasteiger partial charge in [0, 0.05) is 23.6 Å². The molecule has 10 heteroatoms. The van der Waals surface area contributed by atoms with Crippen molar-refractivity contribution in [3.05, 3.63) is 31.5 Å². The van der Waals surface area contributed by atoms with E-state index in [0.717, 1.165) is 0 Å². The molecular weight excluding hydrogens is 259 g/mol. The first kappa shape index (κ1) is 17.0. The van der Waals surface area contributed by atoms with Gasteiger partial charge in [-0.2, -0.15) is 0 Å². The van der Waals surface area contributed by atoms with Crippen LogP contribution in [0.3, 0.4) is 0 Å². The number of hydrogen-bond donors (Lipinski definition) is 1. The normalized spacial score (nSPS) is 8.46. The molecule has 0 aliphatic heterocycles. The number of nitrogens with zero attached hydrogens (tertiary/aromatic N) is 2. The summed E-state index contributed by atoms with van der Waals surface area (Å²) in [5.41, 5.74) is -3.13. The summed E-state index contributed by atoms with van der Waals surface area (Å²) in [5.74, 6) is 0. The zero-order chi connectivity index (χ0) is 8.59. The second-order valence-corrected chi connectivity index (χ2v) is 2.26. The van der Waals surface area contributed by atoms with E-state index in [-0.39, 0.29) is 92.0 Å². The molecule has 6 nitrogen and oxygen atoms in total. The van der Waals surface area contributed by atoms with Crippen LogP contribution in [0.5, 0.6) is 0 Å². The van der Waals surface area contributed by atoms with Crippen LogP contribution in [0.15, 0.2) is 14.4 Å². The SMILES string of the molecule is O=c1[nH]c(=O)n(Cl)c(=O)n1Cl.[H-].[H-].[K+].[Na+]. The molecule has 0 bridgehead atoms.